The maximum absolute atomic E-state index is 13.0. The molecule has 1 aliphatic heterocycles. The Hall–Kier alpha value is -0.930. The third kappa shape index (κ3) is 3.03. The van der Waals surface area contributed by atoms with Gasteiger partial charge in [0.2, 0.25) is 0 Å². The van der Waals surface area contributed by atoms with Crippen LogP contribution in [0.3, 0.4) is 0 Å². The van der Waals surface area contributed by atoms with Gasteiger partial charge in [0, 0.05) is 32.2 Å². The van der Waals surface area contributed by atoms with Gasteiger partial charge in [0.15, 0.2) is 0 Å². The molecule has 2 nitrogen and oxygen atoms in total. The first-order chi connectivity index (χ1) is 7.78. The van der Waals surface area contributed by atoms with Crippen LogP contribution < -0.4 is 5.32 Å². The minimum atomic E-state index is -0.139. The van der Waals surface area contributed by atoms with Crippen LogP contribution in [0.5, 0.6) is 0 Å². The SMILES string of the molecule is CCC1CN(Cc2cccc(F)c2)CCN1. The lowest BCUT2D eigenvalue weighted by molar-refractivity contribution is 0.190. The molecule has 1 aliphatic rings. The summed E-state index contributed by atoms with van der Waals surface area (Å²) in [4.78, 5) is 2.39. The van der Waals surface area contributed by atoms with Crippen LogP contribution in [0.1, 0.15) is 18.9 Å². The second-order valence-electron chi connectivity index (χ2n) is 4.42. The fourth-order valence-corrected chi connectivity index (χ4v) is 2.20. The number of nitrogens with one attached hydrogen (secondary N) is 1. The van der Waals surface area contributed by atoms with Gasteiger partial charge in [-0.25, -0.2) is 4.39 Å². The summed E-state index contributed by atoms with van der Waals surface area (Å²) in [6.07, 6.45) is 1.15. The highest BCUT2D eigenvalue weighted by Crippen LogP contribution is 2.10. The van der Waals surface area contributed by atoms with Crippen LogP contribution in [0.4, 0.5) is 4.39 Å². The Morgan fingerprint density at radius 1 is 1.50 bits per heavy atom. The van der Waals surface area contributed by atoms with Crippen LogP contribution in [-0.4, -0.2) is 30.6 Å². The lowest BCUT2D eigenvalue weighted by Crippen LogP contribution is -2.49. The fourth-order valence-electron chi connectivity index (χ4n) is 2.20. The summed E-state index contributed by atoms with van der Waals surface area (Å²) in [5.41, 5.74) is 1.07. The molecular weight excluding hydrogens is 203 g/mol. The van der Waals surface area contributed by atoms with Crippen molar-refractivity contribution in [2.24, 2.45) is 0 Å². The van der Waals surface area contributed by atoms with E-state index >= 15 is 0 Å². The molecule has 1 aromatic rings. The van der Waals surface area contributed by atoms with E-state index in [1.54, 1.807) is 12.1 Å². The summed E-state index contributed by atoms with van der Waals surface area (Å²) < 4.78 is 13.0. The molecule has 0 spiro atoms. The van der Waals surface area contributed by atoms with Gasteiger partial charge in [0.05, 0.1) is 0 Å². The maximum atomic E-state index is 13.0. The lowest BCUT2D eigenvalue weighted by Gasteiger charge is -2.33. The van der Waals surface area contributed by atoms with E-state index in [0.29, 0.717) is 6.04 Å². The minimum absolute atomic E-state index is 0.139. The molecule has 1 N–H and O–H groups in total. The van der Waals surface area contributed by atoms with E-state index in [-0.39, 0.29) is 5.82 Å². The summed E-state index contributed by atoms with van der Waals surface area (Å²) in [6.45, 7) is 6.20. The highest BCUT2D eigenvalue weighted by molar-refractivity contribution is 5.16. The number of piperazine rings is 1. The predicted octanol–water partition coefficient (Wildman–Crippen LogP) is 2.01. The number of nitrogens with zero attached hydrogens (tertiary/aromatic N) is 1. The van der Waals surface area contributed by atoms with E-state index in [1.807, 2.05) is 6.07 Å². The normalized spacial score (nSPS) is 22.2. The zero-order chi connectivity index (χ0) is 11.4. The minimum Gasteiger partial charge on any atom is -0.311 e. The molecule has 1 fully saturated rings. The molecule has 0 bridgehead atoms. The zero-order valence-corrected chi connectivity index (χ0v) is 9.75. The van der Waals surface area contributed by atoms with Crippen molar-refractivity contribution < 1.29 is 4.39 Å². The average molecular weight is 222 g/mol. The largest absolute Gasteiger partial charge is 0.311 e. The Labute approximate surface area is 96.5 Å². The molecule has 0 aromatic heterocycles. The van der Waals surface area contributed by atoms with Gasteiger partial charge < -0.3 is 5.32 Å². The topological polar surface area (TPSA) is 15.3 Å². The first-order valence-electron chi connectivity index (χ1n) is 5.98. The summed E-state index contributed by atoms with van der Waals surface area (Å²) in [7, 11) is 0. The number of rotatable bonds is 3. The molecule has 0 aliphatic carbocycles. The number of hydrogen-bond acceptors (Lipinski definition) is 2. The second kappa shape index (κ2) is 5.41. The predicted molar refractivity (Wildman–Crippen MR) is 63.8 cm³/mol. The molecule has 16 heavy (non-hydrogen) atoms. The summed E-state index contributed by atoms with van der Waals surface area (Å²) in [6, 6.07) is 7.48. The first-order valence-corrected chi connectivity index (χ1v) is 5.98. The van der Waals surface area contributed by atoms with Crippen LogP contribution in [-0.2, 0) is 6.54 Å². The van der Waals surface area contributed by atoms with Gasteiger partial charge in [0.1, 0.15) is 5.82 Å². The maximum Gasteiger partial charge on any atom is 0.123 e. The van der Waals surface area contributed by atoms with E-state index in [1.165, 1.54) is 6.07 Å². The molecule has 1 unspecified atom stereocenters. The first kappa shape index (κ1) is 11.6. The molecule has 1 heterocycles. The van der Waals surface area contributed by atoms with Crippen molar-refractivity contribution in [1.29, 1.82) is 0 Å². The van der Waals surface area contributed by atoms with Crippen molar-refractivity contribution in [1.82, 2.24) is 10.2 Å². The van der Waals surface area contributed by atoms with Gasteiger partial charge in [-0.05, 0) is 24.1 Å². The molecule has 0 saturated carbocycles. The Morgan fingerprint density at radius 3 is 3.12 bits per heavy atom. The Balaban J connectivity index is 1.94. The number of benzene rings is 1. The van der Waals surface area contributed by atoms with Crippen LogP contribution >= 0.6 is 0 Å². The van der Waals surface area contributed by atoms with E-state index in [9.17, 15) is 4.39 Å². The van der Waals surface area contributed by atoms with Gasteiger partial charge in [-0.1, -0.05) is 19.1 Å². The molecule has 1 saturated heterocycles. The highest BCUT2D eigenvalue weighted by atomic mass is 19.1. The number of hydrogen-bond donors (Lipinski definition) is 1. The van der Waals surface area contributed by atoms with Crippen LogP contribution in [0.25, 0.3) is 0 Å². The number of halogens is 1. The Bertz CT molecular complexity index is 340. The van der Waals surface area contributed by atoms with Gasteiger partial charge in [-0.3, -0.25) is 4.90 Å². The van der Waals surface area contributed by atoms with Crippen molar-refractivity contribution in [3.63, 3.8) is 0 Å². The molecule has 0 radical (unpaired) electrons. The van der Waals surface area contributed by atoms with Crippen molar-refractivity contribution >= 4 is 0 Å². The molecular formula is C13H19FN2. The highest BCUT2D eigenvalue weighted by Gasteiger charge is 2.17. The quantitative estimate of drug-likeness (QED) is 0.841. The summed E-state index contributed by atoms with van der Waals surface area (Å²) >= 11 is 0. The molecule has 1 atom stereocenters. The van der Waals surface area contributed by atoms with E-state index in [2.05, 4.69) is 17.1 Å². The standard InChI is InChI=1S/C13H19FN2/c1-2-13-10-16(7-6-15-13)9-11-4-3-5-12(14)8-11/h3-5,8,13,15H,2,6-7,9-10H2,1H3. The van der Waals surface area contributed by atoms with Crippen molar-refractivity contribution in [2.75, 3.05) is 19.6 Å². The Kier molecular flexibility index (Phi) is 3.91. The average Bonchev–Trinajstić information content (AvgIpc) is 2.29. The third-order valence-electron chi connectivity index (χ3n) is 3.13. The van der Waals surface area contributed by atoms with Crippen molar-refractivity contribution in [3.8, 4) is 0 Å². The Morgan fingerprint density at radius 2 is 2.38 bits per heavy atom. The smallest absolute Gasteiger partial charge is 0.123 e. The van der Waals surface area contributed by atoms with Gasteiger partial charge in [0.25, 0.3) is 0 Å². The third-order valence-corrected chi connectivity index (χ3v) is 3.13. The van der Waals surface area contributed by atoms with Crippen LogP contribution in [0.2, 0.25) is 0 Å². The van der Waals surface area contributed by atoms with E-state index in [0.717, 1.165) is 38.2 Å². The van der Waals surface area contributed by atoms with Crippen LogP contribution in [0.15, 0.2) is 24.3 Å². The fraction of sp³-hybridized carbons (Fsp3) is 0.538. The van der Waals surface area contributed by atoms with Crippen molar-refractivity contribution in [3.05, 3.63) is 35.6 Å². The van der Waals surface area contributed by atoms with Gasteiger partial charge in [-0.15, -0.1) is 0 Å². The van der Waals surface area contributed by atoms with E-state index < -0.39 is 0 Å². The molecule has 1 aromatic carbocycles. The van der Waals surface area contributed by atoms with Gasteiger partial charge in [-0.2, -0.15) is 0 Å². The van der Waals surface area contributed by atoms with Crippen molar-refractivity contribution in [2.45, 2.75) is 25.9 Å². The van der Waals surface area contributed by atoms with E-state index in [4.69, 9.17) is 0 Å². The monoisotopic (exact) mass is 222 g/mol. The zero-order valence-electron chi connectivity index (χ0n) is 9.75. The summed E-state index contributed by atoms with van der Waals surface area (Å²) in [5.74, 6) is -0.139. The second-order valence-corrected chi connectivity index (χ2v) is 4.42. The molecule has 2 rings (SSSR count). The molecule has 88 valence electrons. The lowest BCUT2D eigenvalue weighted by atomic mass is 10.1. The van der Waals surface area contributed by atoms with Gasteiger partial charge >= 0.3 is 0 Å². The summed E-state index contributed by atoms with van der Waals surface area (Å²) in [5, 5.41) is 3.48. The molecule has 0 amide bonds. The molecule has 3 heteroatoms. The van der Waals surface area contributed by atoms with Crippen LogP contribution in [0, 0.1) is 5.82 Å².